The summed E-state index contributed by atoms with van der Waals surface area (Å²) < 4.78 is 5.92. The van der Waals surface area contributed by atoms with Crippen molar-refractivity contribution in [2.75, 3.05) is 0 Å². The Kier molecular flexibility index (Phi) is 7.10. The topological polar surface area (TPSA) is 88.2 Å². The van der Waals surface area contributed by atoms with E-state index in [0.29, 0.717) is 23.5 Å². The molecule has 2 unspecified atom stereocenters. The number of aromatic nitrogens is 2. The lowest BCUT2D eigenvalue weighted by Crippen LogP contribution is -2.31. The molecule has 2 atom stereocenters. The fourth-order valence-corrected chi connectivity index (χ4v) is 4.68. The Morgan fingerprint density at radius 1 is 1.00 bits per heavy atom. The number of carbonyl (C=O) groups excluding carboxylic acids is 1. The number of aliphatic hydroxyl groups excluding tert-OH is 1. The predicted molar refractivity (Wildman–Crippen MR) is 143 cm³/mol. The van der Waals surface area contributed by atoms with Gasteiger partial charge < -0.3 is 14.8 Å². The number of benzene rings is 3. The molecule has 5 aromatic rings. The van der Waals surface area contributed by atoms with Crippen LogP contribution >= 0.6 is 0 Å². The van der Waals surface area contributed by atoms with Crippen LogP contribution < -0.4 is 5.32 Å². The molecule has 6 nitrogen and oxygen atoms in total. The molecule has 0 fully saturated rings. The molecule has 0 aliphatic carbocycles. The van der Waals surface area contributed by atoms with Crippen LogP contribution in [0.15, 0.2) is 95.8 Å². The maximum Gasteiger partial charge on any atom is 0.225 e. The third-order valence-corrected chi connectivity index (χ3v) is 6.51. The molecule has 0 radical (unpaired) electrons. The average molecular weight is 492 g/mol. The molecule has 2 N–H and O–H groups in total. The second kappa shape index (κ2) is 10.8. The Morgan fingerprint density at radius 3 is 2.59 bits per heavy atom. The lowest BCUT2D eigenvalue weighted by molar-refractivity contribution is -0.120. The molecule has 37 heavy (non-hydrogen) atoms. The molecule has 0 aliphatic heterocycles. The zero-order valence-electron chi connectivity index (χ0n) is 20.9. The molecule has 1 amide bonds. The van der Waals surface area contributed by atoms with Gasteiger partial charge in [0.2, 0.25) is 5.91 Å². The highest BCUT2D eigenvalue weighted by atomic mass is 16.3. The highest BCUT2D eigenvalue weighted by molar-refractivity contribution is 5.83. The maximum absolute atomic E-state index is 13.2. The van der Waals surface area contributed by atoms with Gasteiger partial charge in [-0.05, 0) is 60.4 Å². The Bertz CT molecular complexity index is 1510. The third-order valence-electron chi connectivity index (χ3n) is 6.51. The number of amides is 1. The van der Waals surface area contributed by atoms with Gasteiger partial charge in [0.05, 0.1) is 18.2 Å². The van der Waals surface area contributed by atoms with Crippen molar-refractivity contribution in [1.29, 1.82) is 0 Å². The smallest absolute Gasteiger partial charge is 0.225 e. The summed E-state index contributed by atoms with van der Waals surface area (Å²) in [6.07, 6.45) is 2.78. The van der Waals surface area contributed by atoms with Gasteiger partial charge in [0.1, 0.15) is 23.8 Å². The quantitative estimate of drug-likeness (QED) is 0.297. The van der Waals surface area contributed by atoms with E-state index in [1.807, 2.05) is 54.6 Å². The largest absolute Gasteiger partial charge is 0.461 e. The molecule has 0 saturated heterocycles. The van der Waals surface area contributed by atoms with Gasteiger partial charge in [0, 0.05) is 18.0 Å². The summed E-state index contributed by atoms with van der Waals surface area (Å²) in [5, 5.41) is 14.6. The Morgan fingerprint density at radius 2 is 1.84 bits per heavy atom. The van der Waals surface area contributed by atoms with E-state index in [1.165, 1.54) is 11.9 Å². The van der Waals surface area contributed by atoms with Gasteiger partial charge in [-0.2, -0.15) is 0 Å². The lowest BCUT2D eigenvalue weighted by atomic mass is 9.93. The van der Waals surface area contributed by atoms with E-state index in [1.54, 1.807) is 12.3 Å². The number of hydrogen-bond donors (Lipinski definition) is 2. The van der Waals surface area contributed by atoms with E-state index in [2.05, 4.69) is 47.3 Å². The minimum Gasteiger partial charge on any atom is -0.461 e. The van der Waals surface area contributed by atoms with E-state index in [-0.39, 0.29) is 18.4 Å². The normalized spacial score (nSPS) is 12.8. The van der Waals surface area contributed by atoms with E-state index in [0.717, 1.165) is 27.6 Å². The molecular weight excluding hydrogens is 462 g/mol. The van der Waals surface area contributed by atoms with Crippen LogP contribution in [-0.4, -0.2) is 21.0 Å². The average Bonchev–Trinajstić information content (AvgIpc) is 3.30. The SMILES string of the molecule is Cc1ccc(C(NC(=O)Cc2ccc3oc(CC(O)c4ccncn4)cc3c2)c2ccccc2)c(C)c1. The number of hydrogen-bond acceptors (Lipinski definition) is 5. The van der Waals surface area contributed by atoms with Crippen LogP contribution in [0.2, 0.25) is 0 Å². The van der Waals surface area contributed by atoms with Gasteiger partial charge in [0.15, 0.2) is 0 Å². The molecule has 186 valence electrons. The van der Waals surface area contributed by atoms with Gasteiger partial charge in [-0.15, -0.1) is 0 Å². The number of nitrogens with zero attached hydrogens (tertiary/aromatic N) is 2. The molecule has 3 aromatic carbocycles. The Labute approximate surface area is 216 Å². The number of aliphatic hydroxyl groups is 1. The zero-order valence-corrected chi connectivity index (χ0v) is 20.9. The van der Waals surface area contributed by atoms with Crippen molar-refractivity contribution >= 4 is 16.9 Å². The number of carbonyl (C=O) groups is 1. The van der Waals surface area contributed by atoms with Gasteiger partial charge in [-0.3, -0.25) is 4.79 Å². The van der Waals surface area contributed by atoms with Crippen LogP contribution in [0.5, 0.6) is 0 Å². The molecule has 0 aliphatic rings. The highest BCUT2D eigenvalue weighted by Gasteiger charge is 2.19. The van der Waals surface area contributed by atoms with Crippen LogP contribution in [0.4, 0.5) is 0 Å². The Hall–Kier alpha value is -4.29. The Balaban J connectivity index is 1.32. The van der Waals surface area contributed by atoms with Gasteiger partial charge in [0.25, 0.3) is 0 Å². The molecule has 0 bridgehead atoms. The highest BCUT2D eigenvalue weighted by Crippen LogP contribution is 2.27. The number of nitrogens with one attached hydrogen (secondary N) is 1. The number of furan rings is 1. The van der Waals surface area contributed by atoms with Gasteiger partial charge in [-0.25, -0.2) is 9.97 Å². The van der Waals surface area contributed by atoms with E-state index in [9.17, 15) is 9.90 Å². The molecule has 0 spiro atoms. The number of rotatable bonds is 8. The first-order chi connectivity index (χ1) is 18.0. The maximum atomic E-state index is 13.2. The van der Waals surface area contributed by atoms with Crippen LogP contribution in [0.25, 0.3) is 11.0 Å². The lowest BCUT2D eigenvalue weighted by Gasteiger charge is -2.22. The summed E-state index contributed by atoms with van der Waals surface area (Å²) in [6.45, 7) is 4.15. The van der Waals surface area contributed by atoms with E-state index >= 15 is 0 Å². The van der Waals surface area contributed by atoms with Crippen molar-refractivity contribution in [2.24, 2.45) is 0 Å². The van der Waals surface area contributed by atoms with Gasteiger partial charge in [-0.1, -0.05) is 60.2 Å². The minimum absolute atomic E-state index is 0.0592. The summed E-state index contributed by atoms with van der Waals surface area (Å²) in [7, 11) is 0. The third kappa shape index (κ3) is 5.76. The van der Waals surface area contributed by atoms with Crippen molar-refractivity contribution in [3.8, 4) is 0 Å². The summed E-state index contributed by atoms with van der Waals surface area (Å²) >= 11 is 0. The van der Waals surface area contributed by atoms with Crippen LogP contribution in [0.3, 0.4) is 0 Å². The summed E-state index contributed by atoms with van der Waals surface area (Å²) in [5.41, 5.74) is 6.61. The second-order valence-corrected chi connectivity index (χ2v) is 9.39. The molecule has 6 heteroatoms. The fraction of sp³-hybridized carbons (Fsp3) is 0.194. The van der Waals surface area contributed by atoms with Crippen LogP contribution in [0, 0.1) is 13.8 Å². The summed E-state index contributed by atoms with van der Waals surface area (Å²) in [5.74, 6) is 0.595. The van der Waals surface area contributed by atoms with Crippen molar-refractivity contribution in [3.63, 3.8) is 0 Å². The molecular formula is C31H29N3O3. The summed E-state index contributed by atoms with van der Waals surface area (Å²) in [4.78, 5) is 21.2. The number of fused-ring (bicyclic) bond motifs is 1. The first kappa shape index (κ1) is 24.4. The van der Waals surface area contributed by atoms with Crippen molar-refractivity contribution in [2.45, 2.75) is 38.8 Å². The molecule has 2 heterocycles. The van der Waals surface area contributed by atoms with Crippen LogP contribution in [-0.2, 0) is 17.6 Å². The molecule has 5 rings (SSSR count). The first-order valence-corrected chi connectivity index (χ1v) is 12.3. The van der Waals surface area contributed by atoms with Crippen molar-refractivity contribution in [1.82, 2.24) is 15.3 Å². The summed E-state index contributed by atoms with van der Waals surface area (Å²) in [6, 6.07) is 25.5. The van der Waals surface area contributed by atoms with E-state index in [4.69, 9.17) is 4.42 Å². The monoisotopic (exact) mass is 491 g/mol. The molecule has 2 aromatic heterocycles. The minimum atomic E-state index is -0.783. The predicted octanol–water partition coefficient (Wildman–Crippen LogP) is 5.56. The van der Waals surface area contributed by atoms with Crippen molar-refractivity contribution in [3.05, 3.63) is 131 Å². The zero-order chi connectivity index (χ0) is 25.8. The first-order valence-electron chi connectivity index (χ1n) is 12.3. The van der Waals surface area contributed by atoms with Crippen LogP contribution in [0.1, 0.15) is 51.4 Å². The standard InChI is InChI=1S/C31H29N3O3/c1-20-8-10-26(21(2)14-20)31(23-6-4-3-5-7-23)34-30(36)16-22-9-11-29-24(15-22)17-25(37-29)18-28(35)27-12-13-32-19-33-27/h3-15,17,19,28,31,35H,16,18H2,1-2H3,(H,34,36). The molecule has 0 saturated carbocycles. The van der Waals surface area contributed by atoms with Gasteiger partial charge >= 0.3 is 0 Å². The van der Waals surface area contributed by atoms with E-state index < -0.39 is 6.10 Å². The fourth-order valence-electron chi connectivity index (χ4n) is 4.68. The number of aryl methyl sites for hydroxylation is 2. The second-order valence-electron chi connectivity index (χ2n) is 9.39. The van der Waals surface area contributed by atoms with Crippen molar-refractivity contribution < 1.29 is 14.3 Å².